The second-order valence-electron chi connectivity index (χ2n) is 5.89. The predicted molar refractivity (Wildman–Crippen MR) is 94.4 cm³/mol. The number of rotatable bonds is 5. The third-order valence-corrected chi connectivity index (χ3v) is 3.35. The second kappa shape index (κ2) is 7.08. The number of hydrogen-bond acceptors (Lipinski definition) is 5. The number of ether oxygens (including phenoxy) is 1. The number of carbonyl (C=O) groups is 1. The lowest BCUT2D eigenvalue weighted by Crippen LogP contribution is -2.15. The molecule has 0 bridgehead atoms. The normalized spacial score (nSPS) is 10.8. The molecular weight excluding hydrogens is 302 g/mol. The van der Waals surface area contributed by atoms with Gasteiger partial charge >= 0.3 is 5.97 Å². The number of aromatic nitrogens is 2. The zero-order chi connectivity index (χ0) is 16.9. The number of nitrogens with one attached hydrogen (secondary N) is 1. The fraction of sp³-hybridized carbons (Fsp3) is 0.211. The molecule has 0 atom stereocenters. The summed E-state index contributed by atoms with van der Waals surface area (Å²) < 4.78 is 5.34. The lowest BCUT2D eigenvalue weighted by atomic mass is 10.2. The lowest BCUT2D eigenvalue weighted by molar-refractivity contribution is 0.0453. The molecule has 24 heavy (non-hydrogen) atoms. The van der Waals surface area contributed by atoms with Crippen LogP contribution < -0.4 is 5.32 Å². The van der Waals surface area contributed by atoms with Crippen LogP contribution in [-0.2, 0) is 4.74 Å². The minimum Gasteiger partial charge on any atom is -0.461 e. The highest BCUT2D eigenvalue weighted by atomic mass is 16.5. The van der Waals surface area contributed by atoms with E-state index in [1.165, 1.54) is 0 Å². The summed E-state index contributed by atoms with van der Waals surface area (Å²) in [5.41, 5.74) is 2.40. The minimum atomic E-state index is -0.472. The first kappa shape index (κ1) is 15.9. The van der Waals surface area contributed by atoms with Gasteiger partial charge in [0, 0.05) is 5.69 Å². The van der Waals surface area contributed by atoms with Gasteiger partial charge in [-0.3, -0.25) is 0 Å². The van der Waals surface area contributed by atoms with E-state index in [2.05, 4.69) is 15.3 Å². The molecule has 1 heterocycles. The summed E-state index contributed by atoms with van der Waals surface area (Å²) in [5, 5.41) is 3.16. The number of hydrogen-bond donors (Lipinski definition) is 1. The summed E-state index contributed by atoms with van der Waals surface area (Å²) in [4.78, 5) is 21.4. The van der Waals surface area contributed by atoms with Gasteiger partial charge in [-0.15, -0.1) is 0 Å². The van der Waals surface area contributed by atoms with Gasteiger partial charge < -0.3 is 10.1 Å². The summed E-state index contributed by atoms with van der Waals surface area (Å²) in [6.07, 6.45) is 0. The van der Waals surface area contributed by atoms with E-state index in [9.17, 15) is 4.79 Å². The van der Waals surface area contributed by atoms with Crippen LogP contribution in [0.4, 0.5) is 11.5 Å². The summed E-state index contributed by atoms with van der Waals surface area (Å²) >= 11 is 0. The van der Waals surface area contributed by atoms with Crippen molar-refractivity contribution in [2.45, 2.75) is 13.8 Å². The highest BCUT2D eigenvalue weighted by Crippen LogP contribution is 2.21. The van der Waals surface area contributed by atoms with Crippen LogP contribution in [0.3, 0.4) is 0 Å². The van der Waals surface area contributed by atoms with Gasteiger partial charge in [-0.1, -0.05) is 44.2 Å². The standard InChI is InChI=1S/C19H19N3O2/c1-13(2)12-24-19(23)17-18(20-14-8-4-3-5-9-14)22-16-11-7-6-10-15(16)21-17/h3-11,13H,12H2,1-2H3,(H,20,22). The molecule has 122 valence electrons. The summed E-state index contributed by atoms with van der Waals surface area (Å²) in [6.45, 7) is 4.32. The molecule has 0 aliphatic rings. The molecule has 0 unspecified atom stereocenters. The van der Waals surface area contributed by atoms with Crippen molar-refractivity contribution in [3.05, 3.63) is 60.3 Å². The Morgan fingerprint density at radius 2 is 1.62 bits per heavy atom. The summed E-state index contributed by atoms with van der Waals surface area (Å²) in [6, 6.07) is 17.0. The van der Waals surface area contributed by atoms with Crippen molar-refractivity contribution in [1.82, 2.24) is 9.97 Å². The molecule has 1 aromatic heterocycles. The number of para-hydroxylation sites is 3. The molecule has 5 heteroatoms. The van der Waals surface area contributed by atoms with Crippen LogP contribution in [-0.4, -0.2) is 22.5 Å². The monoisotopic (exact) mass is 321 g/mol. The highest BCUT2D eigenvalue weighted by Gasteiger charge is 2.18. The van der Waals surface area contributed by atoms with Gasteiger partial charge in [-0.2, -0.15) is 0 Å². The molecule has 0 amide bonds. The van der Waals surface area contributed by atoms with Gasteiger partial charge in [0.1, 0.15) is 0 Å². The molecule has 1 N–H and O–H groups in total. The maximum atomic E-state index is 12.4. The number of esters is 1. The van der Waals surface area contributed by atoms with Crippen LogP contribution in [0.2, 0.25) is 0 Å². The largest absolute Gasteiger partial charge is 0.461 e. The van der Waals surface area contributed by atoms with Gasteiger partial charge in [0.15, 0.2) is 11.5 Å². The quantitative estimate of drug-likeness (QED) is 0.714. The van der Waals surface area contributed by atoms with Crippen molar-refractivity contribution in [2.24, 2.45) is 5.92 Å². The van der Waals surface area contributed by atoms with E-state index >= 15 is 0 Å². The second-order valence-corrected chi connectivity index (χ2v) is 5.89. The van der Waals surface area contributed by atoms with Gasteiger partial charge in [-0.05, 0) is 30.2 Å². The molecular formula is C19H19N3O2. The average molecular weight is 321 g/mol. The Hall–Kier alpha value is -2.95. The van der Waals surface area contributed by atoms with Crippen LogP contribution in [0.5, 0.6) is 0 Å². The summed E-state index contributed by atoms with van der Waals surface area (Å²) in [5.74, 6) is 0.182. The molecule has 2 aromatic carbocycles. The molecule has 0 fully saturated rings. The predicted octanol–water partition coefficient (Wildman–Crippen LogP) is 4.19. The smallest absolute Gasteiger partial charge is 0.360 e. The van der Waals surface area contributed by atoms with E-state index in [0.29, 0.717) is 17.9 Å². The molecule has 0 aliphatic heterocycles. The number of nitrogens with zero attached hydrogens (tertiary/aromatic N) is 2. The Morgan fingerprint density at radius 3 is 2.29 bits per heavy atom. The summed E-state index contributed by atoms with van der Waals surface area (Å²) in [7, 11) is 0. The topological polar surface area (TPSA) is 64.1 Å². The van der Waals surface area contributed by atoms with E-state index in [1.807, 2.05) is 68.4 Å². The molecule has 0 spiro atoms. The Kier molecular flexibility index (Phi) is 4.70. The Balaban J connectivity index is 2.00. The Labute approximate surface area is 140 Å². The maximum Gasteiger partial charge on any atom is 0.360 e. The SMILES string of the molecule is CC(C)COC(=O)c1nc2ccccc2nc1Nc1ccccc1. The molecule has 0 aliphatic carbocycles. The van der Waals surface area contributed by atoms with Crippen LogP contribution >= 0.6 is 0 Å². The van der Waals surface area contributed by atoms with Crippen LogP contribution in [0.25, 0.3) is 11.0 Å². The van der Waals surface area contributed by atoms with Gasteiger partial charge in [-0.25, -0.2) is 14.8 Å². The Morgan fingerprint density at radius 1 is 1.00 bits per heavy atom. The van der Waals surface area contributed by atoms with Crippen LogP contribution in [0.1, 0.15) is 24.3 Å². The van der Waals surface area contributed by atoms with E-state index < -0.39 is 5.97 Å². The van der Waals surface area contributed by atoms with E-state index in [-0.39, 0.29) is 11.6 Å². The zero-order valence-electron chi connectivity index (χ0n) is 13.7. The van der Waals surface area contributed by atoms with E-state index in [4.69, 9.17) is 4.74 Å². The molecule has 5 nitrogen and oxygen atoms in total. The van der Waals surface area contributed by atoms with Crippen molar-refractivity contribution in [3.8, 4) is 0 Å². The number of anilines is 2. The van der Waals surface area contributed by atoms with E-state index in [1.54, 1.807) is 0 Å². The van der Waals surface area contributed by atoms with E-state index in [0.717, 1.165) is 11.2 Å². The fourth-order valence-electron chi connectivity index (χ4n) is 2.20. The Bertz CT molecular complexity index is 848. The molecule has 3 aromatic rings. The minimum absolute atomic E-state index is 0.193. The molecule has 0 saturated carbocycles. The molecule has 0 radical (unpaired) electrons. The van der Waals surface area contributed by atoms with Crippen molar-refractivity contribution in [2.75, 3.05) is 11.9 Å². The zero-order valence-corrected chi connectivity index (χ0v) is 13.7. The van der Waals surface area contributed by atoms with Crippen molar-refractivity contribution in [3.63, 3.8) is 0 Å². The van der Waals surface area contributed by atoms with Crippen molar-refractivity contribution >= 4 is 28.5 Å². The number of benzene rings is 2. The van der Waals surface area contributed by atoms with Gasteiger partial charge in [0.2, 0.25) is 0 Å². The molecule has 0 saturated heterocycles. The molecule has 3 rings (SSSR count). The number of fused-ring (bicyclic) bond motifs is 1. The van der Waals surface area contributed by atoms with Crippen molar-refractivity contribution in [1.29, 1.82) is 0 Å². The first-order chi connectivity index (χ1) is 11.6. The van der Waals surface area contributed by atoms with Crippen LogP contribution in [0, 0.1) is 5.92 Å². The van der Waals surface area contributed by atoms with Crippen LogP contribution in [0.15, 0.2) is 54.6 Å². The maximum absolute atomic E-state index is 12.4. The first-order valence-corrected chi connectivity index (χ1v) is 7.89. The third-order valence-electron chi connectivity index (χ3n) is 3.35. The number of carbonyl (C=O) groups excluding carboxylic acids is 1. The first-order valence-electron chi connectivity index (χ1n) is 7.89. The van der Waals surface area contributed by atoms with Crippen molar-refractivity contribution < 1.29 is 9.53 Å². The van der Waals surface area contributed by atoms with Gasteiger partial charge in [0.05, 0.1) is 17.6 Å². The third kappa shape index (κ3) is 3.68. The average Bonchev–Trinajstić information content (AvgIpc) is 2.60. The lowest BCUT2D eigenvalue weighted by Gasteiger charge is -2.12. The highest BCUT2D eigenvalue weighted by molar-refractivity contribution is 5.96. The fourth-order valence-corrected chi connectivity index (χ4v) is 2.20. The van der Waals surface area contributed by atoms with Gasteiger partial charge in [0.25, 0.3) is 0 Å².